The zero-order valence-corrected chi connectivity index (χ0v) is 11.7. The van der Waals surface area contributed by atoms with Crippen LogP contribution in [0.5, 0.6) is 0 Å². The molecule has 20 heavy (non-hydrogen) atoms. The molecule has 2 N–H and O–H groups in total. The Morgan fingerprint density at radius 2 is 2.00 bits per heavy atom. The highest BCUT2D eigenvalue weighted by atomic mass is 16.5. The maximum absolute atomic E-state index is 12.1. The van der Waals surface area contributed by atoms with E-state index in [2.05, 4.69) is 10.6 Å². The summed E-state index contributed by atoms with van der Waals surface area (Å²) >= 11 is 0. The Kier molecular flexibility index (Phi) is 4.03. The fraction of sp³-hybridized carbons (Fsp3) is 0.562. The molecule has 1 unspecified atom stereocenters. The second kappa shape index (κ2) is 5.94. The lowest BCUT2D eigenvalue weighted by molar-refractivity contribution is -0.147. The first kappa shape index (κ1) is 13.6. The van der Waals surface area contributed by atoms with E-state index in [4.69, 9.17) is 4.74 Å². The predicted octanol–water partition coefficient (Wildman–Crippen LogP) is 1.46. The van der Waals surface area contributed by atoms with Crippen LogP contribution in [0.4, 0.5) is 0 Å². The summed E-state index contributed by atoms with van der Waals surface area (Å²) in [7, 11) is 0. The molecular formula is C16H22N2O2. The van der Waals surface area contributed by atoms with Crippen molar-refractivity contribution in [3.8, 4) is 0 Å². The van der Waals surface area contributed by atoms with Gasteiger partial charge in [0.15, 0.2) is 0 Å². The molecule has 2 heterocycles. The average molecular weight is 274 g/mol. The van der Waals surface area contributed by atoms with E-state index in [9.17, 15) is 4.79 Å². The summed E-state index contributed by atoms with van der Waals surface area (Å²) < 4.78 is 5.43. The Hall–Kier alpha value is -1.39. The van der Waals surface area contributed by atoms with Gasteiger partial charge in [0.2, 0.25) is 0 Å². The normalized spacial score (nSPS) is 24.7. The number of esters is 1. The van der Waals surface area contributed by atoms with Gasteiger partial charge in [-0.2, -0.15) is 0 Å². The van der Waals surface area contributed by atoms with E-state index in [0.29, 0.717) is 12.0 Å². The molecule has 1 atom stereocenters. The summed E-state index contributed by atoms with van der Waals surface area (Å²) in [5.74, 6) is -0.107. The second-order valence-electron chi connectivity index (χ2n) is 5.98. The van der Waals surface area contributed by atoms with Gasteiger partial charge in [0.1, 0.15) is 12.6 Å². The molecule has 0 aliphatic carbocycles. The molecule has 2 saturated heterocycles. The minimum absolute atomic E-state index is 0.107. The van der Waals surface area contributed by atoms with Crippen LogP contribution in [-0.2, 0) is 16.1 Å². The van der Waals surface area contributed by atoms with Gasteiger partial charge in [0, 0.05) is 6.54 Å². The van der Waals surface area contributed by atoms with Crippen LogP contribution in [0.3, 0.4) is 0 Å². The average Bonchev–Trinajstić information content (AvgIpc) is 2.90. The molecule has 1 aromatic rings. The molecule has 0 saturated carbocycles. The topological polar surface area (TPSA) is 50.4 Å². The predicted molar refractivity (Wildman–Crippen MR) is 77.2 cm³/mol. The van der Waals surface area contributed by atoms with Crippen molar-refractivity contribution in [2.24, 2.45) is 5.41 Å². The quantitative estimate of drug-likeness (QED) is 0.819. The fourth-order valence-corrected chi connectivity index (χ4v) is 3.25. The van der Waals surface area contributed by atoms with Crippen molar-refractivity contribution < 1.29 is 9.53 Å². The Bertz CT molecular complexity index is 455. The number of piperidine rings is 1. The number of ether oxygens (including phenoxy) is 1. The first-order chi connectivity index (χ1) is 9.77. The maximum Gasteiger partial charge on any atom is 0.323 e. The second-order valence-corrected chi connectivity index (χ2v) is 5.98. The molecule has 4 nitrogen and oxygen atoms in total. The molecule has 0 aromatic heterocycles. The van der Waals surface area contributed by atoms with Crippen LogP contribution in [0.2, 0.25) is 0 Å². The molecule has 0 radical (unpaired) electrons. The van der Waals surface area contributed by atoms with Crippen molar-refractivity contribution >= 4 is 5.97 Å². The lowest BCUT2D eigenvalue weighted by atomic mass is 9.77. The Morgan fingerprint density at radius 3 is 2.75 bits per heavy atom. The van der Waals surface area contributed by atoms with Crippen LogP contribution < -0.4 is 10.6 Å². The van der Waals surface area contributed by atoms with Crippen LogP contribution in [0.15, 0.2) is 30.3 Å². The van der Waals surface area contributed by atoms with Gasteiger partial charge in [-0.1, -0.05) is 30.3 Å². The van der Waals surface area contributed by atoms with Crippen LogP contribution in [0.25, 0.3) is 0 Å². The largest absolute Gasteiger partial charge is 0.460 e. The number of hydrogen-bond acceptors (Lipinski definition) is 4. The van der Waals surface area contributed by atoms with Gasteiger partial charge in [0.05, 0.1) is 0 Å². The number of nitrogens with one attached hydrogen (secondary N) is 2. The van der Waals surface area contributed by atoms with Crippen molar-refractivity contribution in [3.05, 3.63) is 35.9 Å². The van der Waals surface area contributed by atoms with E-state index in [1.54, 1.807) is 0 Å². The van der Waals surface area contributed by atoms with E-state index in [1.165, 1.54) is 0 Å². The lowest BCUT2D eigenvalue weighted by Crippen LogP contribution is -2.37. The molecule has 4 heteroatoms. The van der Waals surface area contributed by atoms with Crippen molar-refractivity contribution in [1.82, 2.24) is 10.6 Å². The molecule has 3 rings (SSSR count). The smallest absolute Gasteiger partial charge is 0.323 e. The molecule has 0 amide bonds. The standard InChI is InChI=1S/C16H22N2O2/c19-15(20-11-13-4-2-1-3-5-13)14-10-16(12-18-14)6-8-17-9-7-16/h1-5,14,17-18H,6-12H2. The van der Waals surface area contributed by atoms with Crippen LogP contribution in [0, 0.1) is 5.41 Å². The molecule has 2 aliphatic rings. The van der Waals surface area contributed by atoms with Crippen LogP contribution in [-0.4, -0.2) is 31.6 Å². The first-order valence-corrected chi connectivity index (χ1v) is 7.42. The Labute approximate surface area is 119 Å². The zero-order chi connectivity index (χ0) is 13.8. The van der Waals surface area contributed by atoms with Crippen molar-refractivity contribution in [2.45, 2.75) is 31.9 Å². The minimum atomic E-state index is -0.128. The van der Waals surface area contributed by atoms with Gasteiger partial charge in [-0.3, -0.25) is 4.79 Å². The molecule has 108 valence electrons. The number of carbonyl (C=O) groups is 1. The third-order valence-electron chi connectivity index (χ3n) is 4.53. The summed E-state index contributed by atoms with van der Waals surface area (Å²) in [6.45, 7) is 3.44. The summed E-state index contributed by atoms with van der Waals surface area (Å²) in [6, 6.07) is 9.71. The summed E-state index contributed by atoms with van der Waals surface area (Å²) in [5.41, 5.74) is 1.34. The van der Waals surface area contributed by atoms with Crippen LogP contribution in [0.1, 0.15) is 24.8 Å². The molecule has 1 aromatic carbocycles. The first-order valence-electron chi connectivity index (χ1n) is 7.42. The molecule has 2 fully saturated rings. The maximum atomic E-state index is 12.1. The molecule has 2 aliphatic heterocycles. The van der Waals surface area contributed by atoms with Crippen molar-refractivity contribution in [3.63, 3.8) is 0 Å². The van der Waals surface area contributed by atoms with Gasteiger partial charge in [-0.25, -0.2) is 0 Å². The summed E-state index contributed by atoms with van der Waals surface area (Å²) in [6.07, 6.45) is 3.23. The van der Waals surface area contributed by atoms with E-state index in [0.717, 1.165) is 44.5 Å². The number of carbonyl (C=O) groups excluding carboxylic acids is 1. The highest BCUT2D eigenvalue weighted by Gasteiger charge is 2.42. The number of hydrogen-bond donors (Lipinski definition) is 2. The van der Waals surface area contributed by atoms with Gasteiger partial charge in [-0.05, 0) is 43.3 Å². The number of rotatable bonds is 3. The van der Waals surface area contributed by atoms with E-state index >= 15 is 0 Å². The summed E-state index contributed by atoms with van der Waals surface area (Å²) in [4.78, 5) is 12.1. The Balaban J connectivity index is 1.51. The third kappa shape index (κ3) is 3.02. The highest BCUT2D eigenvalue weighted by Crippen LogP contribution is 2.37. The monoisotopic (exact) mass is 274 g/mol. The van der Waals surface area contributed by atoms with Crippen LogP contribution >= 0.6 is 0 Å². The SMILES string of the molecule is O=C(OCc1ccccc1)C1CC2(CCNCC2)CN1. The minimum Gasteiger partial charge on any atom is -0.460 e. The van der Waals surface area contributed by atoms with Gasteiger partial charge in [-0.15, -0.1) is 0 Å². The van der Waals surface area contributed by atoms with E-state index in [1.807, 2.05) is 30.3 Å². The summed E-state index contributed by atoms with van der Waals surface area (Å²) in [5, 5.41) is 6.73. The van der Waals surface area contributed by atoms with Crippen molar-refractivity contribution in [1.29, 1.82) is 0 Å². The highest BCUT2D eigenvalue weighted by molar-refractivity contribution is 5.76. The van der Waals surface area contributed by atoms with E-state index < -0.39 is 0 Å². The fourth-order valence-electron chi connectivity index (χ4n) is 3.25. The third-order valence-corrected chi connectivity index (χ3v) is 4.53. The molecular weight excluding hydrogens is 252 g/mol. The van der Waals surface area contributed by atoms with Gasteiger partial charge >= 0.3 is 5.97 Å². The lowest BCUT2D eigenvalue weighted by Gasteiger charge is -2.32. The number of benzene rings is 1. The van der Waals surface area contributed by atoms with Crippen molar-refractivity contribution in [2.75, 3.05) is 19.6 Å². The Morgan fingerprint density at radius 1 is 1.25 bits per heavy atom. The van der Waals surface area contributed by atoms with Gasteiger partial charge < -0.3 is 15.4 Å². The van der Waals surface area contributed by atoms with Gasteiger partial charge in [0.25, 0.3) is 0 Å². The molecule has 1 spiro atoms. The molecule has 0 bridgehead atoms. The zero-order valence-electron chi connectivity index (χ0n) is 11.7. The van der Waals surface area contributed by atoms with E-state index in [-0.39, 0.29) is 12.0 Å².